The molecule has 0 saturated carbocycles. The van der Waals surface area contributed by atoms with Crippen LogP contribution in [0.5, 0.6) is 0 Å². The topological polar surface area (TPSA) is 40.9 Å². The van der Waals surface area contributed by atoms with Crippen LogP contribution in [0.15, 0.2) is 48.5 Å². The van der Waals surface area contributed by atoms with E-state index in [0.29, 0.717) is 5.92 Å². The Balaban J connectivity index is 1.57. The van der Waals surface area contributed by atoms with E-state index in [1.54, 1.807) is 6.08 Å². The van der Waals surface area contributed by atoms with Gasteiger partial charge in [-0.1, -0.05) is 12.2 Å². The number of amides is 1. The number of allylic oxidation sites excluding steroid dienone is 3. The van der Waals surface area contributed by atoms with Crippen LogP contribution in [-0.2, 0) is 4.79 Å². The number of hydrogen-bond donors (Lipinski definition) is 0. The number of aromatic nitrogens is 2. The standard InChI is InChI=1S/C25H32N4O/c1-17(23-12-18(2)25-26-19(3)14-28(25)15-23)13-24(30)29-16-22(7-6-20(29)4)21-8-10-27(5)11-9-21/h6-7,12-16,20-21H,8-11H2,1-5H3/b17-13+. The minimum atomic E-state index is 0.0364. The molecular formula is C25H32N4O. The van der Waals surface area contributed by atoms with Crippen LogP contribution < -0.4 is 0 Å². The van der Waals surface area contributed by atoms with Crippen molar-refractivity contribution in [1.29, 1.82) is 0 Å². The maximum Gasteiger partial charge on any atom is 0.251 e. The van der Waals surface area contributed by atoms with Crippen molar-refractivity contribution >= 4 is 17.1 Å². The van der Waals surface area contributed by atoms with Gasteiger partial charge in [0.25, 0.3) is 5.91 Å². The monoisotopic (exact) mass is 404 g/mol. The van der Waals surface area contributed by atoms with E-state index >= 15 is 0 Å². The van der Waals surface area contributed by atoms with Crippen LogP contribution >= 0.6 is 0 Å². The number of likely N-dealkylation sites (tertiary alicyclic amines) is 1. The molecule has 5 nitrogen and oxygen atoms in total. The molecule has 2 aliphatic heterocycles. The van der Waals surface area contributed by atoms with Gasteiger partial charge in [0.05, 0.1) is 11.7 Å². The molecule has 0 bridgehead atoms. The Morgan fingerprint density at radius 3 is 2.67 bits per heavy atom. The number of imidazole rings is 1. The average Bonchev–Trinajstić information content (AvgIpc) is 3.10. The molecule has 2 aromatic rings. The van der Waals surface area contributed by atoms with E-state index in [0.717, 1.165) is 54.0 Å². The summed E-state index contributed by atoms with van der Waals surface area (Å²) in [5, 5.41) is 0. The first kappa shape index (κ1) is 20.6. The second kappa shape index (κ2) is 8.23. The van der Waals surface area contributed by atoms with E-state index in [4.69, 9.17) is 0 Å². The summed E-state index contributed by atoms with van der Waals surface area (Å²) in [6, 6.07) is 2.18. The Morgan fingerprint density at radius 2 is 1.93 bits per heavy atom. The van der Waals surface area contributed by atoms with Crippen molar-refractivity contribution in [3.63, 3.8) is 0 Å². The second-order valence-corrected chi connectivity index (χ2v) is 8.90. The van der Waals surface area contributed by atoms with Crippen molar-refractivity contribution in [2.24, 2.45) is 5.92 Å². The molecule has 1 fully saturated rings. The van der Waals surface area contributed by atoms with Gasteiger partial charge in [0.15, 0.2) is 0 Å². The van der Waals surface area contributed by atoms with Crippen LogP contribution in [0, 0.1) is 19.8 Å². The zero-order chi connectivity index (χ0) is 21.4. The Kier molecular flexibility index (Phi) is 5.65. The molecule has 2 aliphatic rings. The van der Waals surface area contributed by atoms with Gasteiger partial charge in [-0.3, -0.25) is 4.79 Å². The Labute approximate surface area is 179 Å². The van der Waals surface area contributed by atoms with Gasteiger partial charge in [-0.25, -0.2) is 4.98 Å². The average molecular weight is 405 g/mol. The molecular weight excluding hydrogens is 372 g/mol. The van der Waals surface area contributed by atoms with Gasteiger partial charge in [-0.2, -0.15) is 0 Å². The zero-order valence-corrected chi connectivity index (χ0v) is 18.7. The van der Waals surface area contributed by atoms with Gasteiger partial charge in [0, 0.05) is 24.7 Å². The molecule has 1 atom stereocenters. The first-order valence-electron chi connectivity index (χ1n) is 10.9. The Morgan fingerprint density at radius 1 is 1.20 bits per heavy atom. The number of fused-ring (bicyclic) bond motifs is 1. The highest BCUT2D eigenvalue weighted by molar-refractivity contribution is 5.96. The van der Waals surface area contributed by atoms with Crippen molar-refractivity contribution in [2.45, 2.75) is 46.6 Å². The van der Waals surface area contributed by atoms with E-state index in [1.807, 2.05) is 29.3 Å². The van der Waals surface area contributed by atoms with E-state index in [2.05, 4.69) is 61.4 Å². The van der Waals surface area contributed by atoms with E-state index in [9.17, 15) is 4.79 Å². The highest BCUT2D eigenvalue weighted by atomic mass is 16.2. The third-order valence-corrected chi connectivity index (χ3v) is 6.39. The highest BCUT2D eigenvalue weighted by Crippen LogP contribution is 2.29. The molecule has 1 amide bonds. The molecule has 0 radical (unpaired) electrons. The number of nitrogens with zero attached hydrogens (tertiary/aromatic N) is 4. The maximum atomic E-state index is 13.2. The first-order valence-corrected chi connectivity index (χ1v) is 10.9. The van der Waals surface area contributed by atoms with Crippen LogP contribution in [0.3, 0.4) is 0 Å². The molecule has 1 unspecified atom stereocenters. The molecule has 5 heteroatoms. The second-order valence-electron chi connectivity index (χ2n) is 8.90. The number of rotatable bonds is 3. The lowest BCUT2D eigenvalue weighted by molar-refractivity contribution is -0.124. The largest absolute Gasteiger partial charge is 0.309 e. The SMILES string of the molecule is C/C(=C\C(=O)N1C=C(C2CCN(C)CC2)C=CC1C)c1cc(C)c2nc(C)cn2c1. The van der Waals surface area contributed by atoms with Gasteiger partial charge in [0.2, 0.25) is 0 Å². The summed E-state index contributed by atoms with van der Waals surface area (Å²) in [7, 11) is 2.18. The van der Waals surface area contributed by atoms with Gasteiger partial charge in [-0.05, 0) is 94.9 Å². The van der Waals surface area contributed by atoms with Gasteiger partial charge in [-0.15, -0.1) is 0 Å². The summed E-state index contributed by atoms with van der Waals surface area (Å²) in [4.78, 5) is 22.0. The first-order chi connectivity index (χ1) is 14.3. The number of pyridine rings is 1. The summed E-state index contributed by atoms with van der Waals surface area (Å²) < 4.78 is 2.05. The van der Waals surface area contributed by atoms with E-state index in [1.165, 1.54) is 5.57 Å². The molecule has 1 saturated heterocycles. The molecule has 2 aromatic heterocycles. The van der Waals surface area contributed by atoms with E-state index in [-0.39, 0.29) is 11.9 Å². The van der Waals surface area contributed by atoms with Gasteiger partial charge < -0.3 is 14.2 Å². The lowest BCUT2D eigenvalue weighted by atomic mass is 9.88. The minimum Gasteiger partial charge on any atom is -0.309 e. The molecule has 0 aromatic carbocycles. The van der Waals surface area contributed by atoms with Crippen molar-refractivity contribution in [3.8, 4) is 0 Å². The summed E-state index contributed by atoms with van der Waals surface area (Å²) in [6.45, 7) is 10.4. The Hall–Kier alpha value is -2.66. The zero-order valence-electron chi connectivity index (χ0n) is 18.7. The van der Waals surface area contributed by atoms with Gasteiger partial charge in [0.1, 0.15) is 5.65 Å². The summed E-state index contributed by atoms with van der Waals surface area (Å²) >= 11 is 0. The van der Waals surface area contributed by atoms with Crippen molar-refractivity contribution in [3.05, 3.63) is 65.3 Å². The predicted molar refractivity (Wildman–Crippen MR) is 122 cm³/mol. The summed E-state index contributed by atoms with van der Waals surface area (Å²) in [5.74, 6) is 0.578. The Bertz CT molecular complexity index is 1050. The lowest BCUT2D eigenvalue weighted by Gasteiger charge is -2.33. The molecule has 0 aliphatic carbocycles. The van der Waals surface area contributed by atoms with Crippen LogP contribution in [0.1, 0.15) is 43.5 Å². The van der Waals surface area contributed by atoms with Crippen LogP contribution in [0.2, 0.25) is 0 Å². The van der Waals surface area contributed by atoms with Crippen LogP contribution in [0.25, 0.3) is 11.2 Å². The lowest BCUT2D eigenvalue weighted by Crippen LogP contribution is -2.36. The number of aryl methyl sites for hydroxylation is 2. The maximum absolute atomic E-state index is 13.2. The fourth-order valence-electron chi connectivity index (χ4n) is 4.46. The number of hydrogen-bond acceptors (Lipinski definition) is 3. The normalized spacial score (nSPS) is 21.4. The fourth-order valence-corrected chi connectivity index (χ4v) is 4.46. The molecule has 158 valence electrons. The fraction of sp³-hybridized carbons (Fsp3) is 0.440. The molecule has 4 rings (SSSR count). The third kappa shape index (κ3) is 4.12. The summed E-state index contributed by atoms with van der Waals surface area (Å²) in [5.41, 5.74) is 6.37. The third-order valence-electron chi connectivity index (χ3n) is 6.39. The highest BCUT2D eigenvalue weighted by Gasteiger charge is 2.24. The molecule has 4 heterocycles. The summed E-state index contributed by atoms with van der Waals surface area (Å²) in [6.07, 6.45) is 14.6. The van der Waals surface area contributed by atoms with Crippen molar-refractivity contribution in [1.82, 2.24) is 19.2 Å². The number of piperidine rings is 1. The molecule has 0 spiro atoms. The molecule has 0 N–H and O–H groups in total. The van der Waals surface area contributed by atoms with E-state index < -0.39 is 0 Å². The molecule has 30 heavy (non-hydrogen) atoms. The quantitative estimate of drug-likeness (QED) is 0.714. The van der Waals surface area contributed by atoms with Crippen LogP contribution in [0.4, 0.5) is 0 Å². The predicted octanol–water partition coefficient (Wildman–Crippen LogP) is 4.37. The number of carbonyl (C=O) groups is 1. The minimum absolute atomic E-state index is 0.0364. The van der Waals surface area contributed by atoms with Crippen LogP contribution in [-0.4, -0.2) is 51.3 Å². The smallest absolute Gasteiger partial charge is 0.251 e. The van der Waals surface area contributed by atoms with Crippen molar-refractivity contribution < 1.29 is 4.79 Å². The number of carbonyl (C=O) groups excluding carboxylic acids is 1. The van der Waals surface area contributed by atoms with Gasteiger partial charge >= 0.3 is 0 Å². The van der Waals surface area contributed by atoms with Crippen molar-refractivity contribution in [2.75, 3.05) is 20.1 Å².